The molecule has 0 saturated carbocycles. The number of para-hydroxylation sites is 1. The van der Waals surface area contributed by atoms with Crippen LogP contribution in [0.25, 0.3) is 0 Å². The van der Waals surface area contributed by atoms with Crippen LogP contribution in [0.3, 0.4) is 0 Å². The number of nitrogens with zero attached hydrogens (tertiary/aromatic N) is 2. The Balaban J connectivity index is 1.76. The predicted molar refractivity (Wildman–Crippen MR) is 116 cm³/mol. The zero-order valence-electron chi connectivity index (χ0n) is 17.3. The first-order valence-electron chi connectivity index (χ1n) is 10.5. The Morgan fingerprint density at radius 1 is 0.964 bits per heavy atom. The lowest BCUT2D eigenvalue weighted by Crippen LogP contribution is -2.48. The summed E-state index contributed by atoms with van der Waals surface area (Å²) in [6, 6.07) is 21.6. The fourth-order valence-electron chi connectivity index (χ4n) is 3.85. The van der Waals surface area contributed by atoms with Crippen molar-refractivity contribution in [1.82, 2.24) is 4.90 Å². The van der Waals surface area contributed by atoms with Crippen molar-refractivity contribution >= 4 is 5.69 Å². The molecule has 0 spiro atoms. The van der Waals surface area contributed by atoms with Crippen LogP contribution in [0.5, 0.6) is 0 Å². The van der Waals surface area contributed by atoms with Crippen molar-refractivity contribution in [3.8, 4) is 0 Å². The molecule has 1 aliphatic heterocycles. The van der Waals surface area contributed by atoms with E-state index in [9.17, 15) is 0 Å². The maximum absolute atomic E-state index is 5.93. The van der Waals surface area contributed by atoms with Crippen LogP contribution in [-0.4, -0.2) is 50.6 Å². The smallest absolute Gasteiger partial charge is 0.0846 e. The number of ether oxygens (including phenoxy) is 2. The summed E-state index contributed by atoms with van der Waals surface area (Å²) in [5.41, 5.74) is 2.61. The van der Waals surface area contributed by atoms with E-state index in [1.54, 1.807) is 7.11 Å². The standard InChI is InChI=1S/C24H34N2O2/c1-21(27-2)20-28-18-15-24(25-16-9-10-17-25)26(23-13-7-4-8-14-23)19-22-11-5-3-6-12-22/h3-8,11-14,21,24H,9-10,15-20H2,1-2H3. The largest absolute Gasteiger partial charge is 0.379 e. The first-order chi connectivity index (χ1) is 13.8. The van der Waals surface area contributed by atoms with Crippen molar-refractivity contribution in [2.75, 3.05) is 38.3 Å². The van der Waals surface area contributed by atoms with Gasteiger partial charge in [0.1, 0.15) is 0 Å². The molecule has 1 saturated heterocycles. The van der Waals surface area contributed by atoms with E-state index in [4.69, 9.17) is 9.47 Å². The number of hydrogen-bond acceptors (Lipinski definition) is 4. The van der Waals surface area contributed by atoms with E-state index in [0.29, 0.717) is 12.8 Å². The fourth-order valence-corrected chi connectivity index (χ4v) is 3.85. The van der Waals surface area contributed by atoms with Gasteiger partial charge in [-0.3, -0.25) is 4.90 Å². The second-order valence-corrected chi connectivity index (χ2v) is 7.58. The highest BCUT2D eigenvalue weighted by atomic mass is 16.5. The topological polar surface area (TPSA) is 24.9 Å². The predicted octanol–water partition coefficient (Wildman–Crippen LogP) is 4.56. The normalized spacial score (nSPS) is 16.8. The van der Waals surface area contributed by atoms with Gasteiger partial charge in [-0.25, -0.2) is 0 Å². The molecule has 4 nitrogen and oxygen atoms in total. The summed E-state index contributed by atoms with van der Waals surface area (Å²) < 4.78 is 11.2. The number of benzene rings is 2. The molecular formula is C24H34N2O2. The quantitative estimate of drug-likeness (QED) is 0.532. The molecule has 2 unspecified atom stereocenters. The van der Waals surface area contributed by atoms with E-state index in [1.165, 1.54) is 24.1 Å². The molecule has 152 valence electrons. The Morgan fingerprint density at radius 2 is 1.61 bits per heavy atom. The van der Waals surface area contributed by atoms with Crippen LogP contribution in [-0.2, 0) is 16.0 Å². The van der Waals surface area contributed by atoms with Gasteiger partial charge in [0.15, 0.2) is 0 Å². The second kappa shape index (κ2) is 11.2. The van der Waals surface area contributed by atoms with Gasteiger partial charge >= 0.3 is 0 Å². The molecule has 0 aromatic heterocycles. The Hall–Kier alpha value is -1.88. The minimum absolute atomic E-state index is 0.139. The molecule has 28 heavy (non-hydrogen) atoms. The van der Waals surface area contributed by atoms with Gasteiger partial charge in [0.05, 0.1) is 18.9 Å². The third-order valence-corrected chi connectivity index (χ3v) is 5.48. The zero-order chi connectivity index (χ0) is 19.6. The minimum Gasteiger partial charge on any atom is -0.379 e. The number of methoxy groups -OCH3 is 1. The van der Waals surface area contributed by atoms with Crippen LogP contribution < -0.4 is 4.90 Å². The highest BCUT2D eigenvalue weighted by Gasteiger charge is 2.28. The van der Waals surface area contributed by atoms with Crippen LogP contribution in [0.1, 0.15) is 31.7 Å². The van der Waals surface area contributed by atoms with Crippen molar-refractivity contribution < 1.29 is 9.47 Å². The van der Waals surface area contributed by atoms with Gasteiger partial charge in [0.2, 0.25) is 0 Å². The first-order valence-corrected chi connectivity index (χ1v) is 10.5. The summed E-state index contributed by atoms with van der Waals surface area (Å²) in [6.07, 6.45) is 4.03. The van der Waals surface area contributed by atoms with Crippen molar-refractivity contribution in [3.63, 3.8) is 0 Å². The molecule has 3 rings (SSSR count). The van der Waals surface area contributed by atoms with Gasteiger partial charge in [-0.15, -0.1) is 0 Å². The molecule has 0 radical (unpaired) electrons. The Kier molecular flexibility index (Phi) is 8.34. The maximum atomic E-state index is 5.93. The molecule has 1 fully saturated rings. The minimum atomic E-state index is 0.139. The molecule has 0 aliphatic carbocycles. The number of anilines is 1. The van der Waals surface area contributed by atoms with Crippen LogP contribution in [0, 0.1) is 0 Å². The van der Waals surface area contributed by atoms with Gasteiger partial charge in [-0.2, -0.15) is 0 Å². The van der Waals surface area contributed by atoms with Crippen molar-refractivity contribution in [2.24, 2.45) is 0 Å². The van der Waals surface area contributed by atoms with Gasteiger partial charge in [-0.05, 0) is 37.5 Å². The summed E-state index contributed by atoms with van der Waals surface area (Å²) in [7, 11) is 1.73. The Labute approximate surface area is 170 Å². The van der Waals surface area contributed by atoms with E-state index < -0.39 is 0 Å². The third kappa shape index (κ3) is 6.06. The molecule has 0 amide bonds. The molecule has 0 bridgehead atoms. The van der Waals surface area contributed by atoms with Crippen molar-refractivity contribution in [2.45, 2.75) is 45.0 Å². The van der Waals surface area contributed by atoms with Crippen LogP contribution in [0.2, 0.25) is 0 Å². The summed E-state index contributed by atoms with van der Waals surface area (Å²) in [4.78, 5) is 5.17. The summed E-state index contributed by atoms with van der Waals surface area (Å²) in [5, 5.41) is 0. The third-order valence-electron chi connectivity index (χ3n) is 5.48. The molecular weight excluding hydrogens is 348 g/mol. The zero-order valence-corrected chi connectivity index (χ0v) is 17.3. The van der Waals surface area contributed by atoms with E-state index in [2.05, 4.69) is 70.5 Å². The Bertz CT molecular complexity index is 659. The van der Waals surface area contributed by atoms with Crippen LogP contribution in [0.4, 0.5) is 5.69 Å². The van der Waals surface area contributed by atoms with E-state index in [-0.39, 0.29) is 6.10 Å². The fraction of sp³-hybridized carbons (Fsp3) is 0.500. The molecule has 1 aliphatic rings. The maximum Gasteiger partial charge on any atom is 0.0846 e. The Morgan fingerprint density at radius 3 is 2.25 bits per heavy atom. The highest BCUT2D eigenvalue weighted by molar-refractivity contribution is 5.47. The summed E-state index contributed by atoms with van der Waals surface area (Å²) >= 11 is 0. The SMILES string of the molecule is COC(C)COCCC(N1CCCC1)N(Cc1ccccc1)c1ccccc1. The second-order valence-electron chi connectivity index (χ2n) is 7.58. The molecule has 2 aromatic carbocycles. The van der Waals surface area contributed by atoms with Crippen molar-refractivity contribution in [1.29, 1.82) is 0 Å². The van der Waals surface area contributed by atoms with E-state index in [1.807, 2.05) is 6.92 Å². The van der Waals surface area contributed by atoms with Gasteiger partial charge in [0.25, 0.3) is 0 Å². The number of rotatable bonds is 11. The summed E-state index contributed by atoms with van der Waals surface area (Å²) in [6.45, 7) is 6.67. The average Bonchev–Trinajstić information content (AvgIpc) is 3.28. The summed E-state index contributed by atoms with van der Waals surface area (Å²) in [5.74, 6) is 0. The molecule has 2 aromatic rings. The van der Waals surface area contributed by atoms with Gasteiger partial charge in [-0.1, -0.05) is 48.5 Å². The highest BCUT2D eigenvalue weighted by Crippen LogP contribution is 2.26. The van der Waals surface area contributed by atoms with Crippen molar-refractivity contribution in [3.05, 3.63) is 66.2 Å². The molecule has 4 heteroatoms. The van der Waals surface area contributed by atoms with E-state index >= 15 is 0 Å². The number of likely N-dealkylation sites (tertiary alicyclic amines) is 1. The molecule has 2 atom stereocenters. The lowest BCUT2D eigenvalue weighted by molar-refractivity contribution is 0.0118. The lowest BCUT2D eigenvalue weighted by Gasteiger charge is -2.39. The average molecular weight is 383 g/mol. The van der Waals surface area contributed by atoms with Crippen LogP contribution in [0.15, 0.2) is 60.7 Å². The van der Waals surface area contributed by atoms with E-state index in [0.717, 1.165) is 32.7 Å². The number of hydrogen-bond donors (Lipinski definition) is 0. The first kappa shape index (κ1) is 20.8. The monoisotopic (exact) mass is 382 g/mol. The van der Waals surface area contributed by atoms with Gasteiger partial charge in [0, 0.05) is 45.5 Å². The lowest BCUT2D eigenvalue weighted by atomic mass is 10.1. The molecule has 0 N–H and O–H groups in total. The van der Waals surface area contributed by atoms with Crippen LogP contribution >= 0.6 is 0 Å². The van der Waals surface area contributed by atoms with Gasteiger partial charge < -0.3 is 14.4 Å². The molecule has 1 heterocycles.